The van der Waals surface area contributed by atoms with Crippen LogP contribution in [-0.2, 0) is 9.53 Å². The van der Waals surface area contributed by atoms with Gasteiger partial charge in [-0.25, -0.2) is 4.79 Å². The molecule has 2 heterocycles. The van der Waals surface area contributed by atoms with Crippen molar-refractivity contribution in [2.45, 2.75) is 18.9 Å². The number of hydrogen-bond acceptors (Lipinski definition) is 6. The van der Waals surface area contributed by atoms with E-state index >= 15 is 0 Å². The van der Waals surface area contributed by atoms with Gasteiger partial charge >= 0.3 is 5.97 Å². The van der Waals surface area contributed by atoms with Gasteiger partial charge in [0.15, 0.2) is 6.61 Å². The van der Waals surface area contributed by atoms with E-state index in [1.807, 2.05) is 17.5 Å². The van der Waals surface area contributed by atoms with Gasteiger partial charge in [-0.3, -0.25) is 4.79 Å². The van der Waals surface area contributed by atoms with Gasteiger partial charge in [0.1, 0.15) is 17.1 Å². The molecule has 28 heavy (non-hydrogen) atoms. The summed E-state index contributed by atoms with van der Waals surface area (Å²) in [6, 6.07) is 11.8. The Kier molecular flexibility index (Phi) is 4.92. The van der Waals surface area contributed by atoms with E-state index in [1.54, 1.807) is 40.5 Å². The van der Waals surface area contributed by atoms with Crippen molar-refractivity contribution in [2.75, 3.05) is 13.2 Å². The molecule has 7 heteroatoms. The van der Waals surface area contributed by atoms with Gasteiger partial charge < -0.3 is 19.8 Å². The molecule has 3 aromatic rings. The first-order valence-corrected chi connectivity index (χ1v) is 9.88. The van der Waals surface area contributed by atoms with E-state index in [4.69, 9.17) is 4.74 Å². The predicted molar refractivity (Wildman–Crippen MR) is 106 cm³/mol. The molecule has 1 amide bonds. The van der Waals surface area contributed by atoms with Crippen LogP contribution in [0, 0.1) is 0 Å². The molecule has 1 aromatic heterocycles. The second-order valence-corrected chi connectivity index (χ2v) is 7.65. The molecular formula is C21H19NO5S. The largest absolute Gasteiger partial charge is 0.507 e. The number of ether oxygens (including phenoxy) is 1. The quantitative estimate of drug-likeness (QED) is 0.516. The molecule has 1 saturated heterocycles. The molecule has 0 bridgehead atoms. The van der Waals surface area contributed by atoms with Gasteiger partial charge in [0.2, 0.25) is 0 Å². The van der Waals surface area contributed by atoms with Crippen LogP contribution in [-0.4, -0.2) is 40.1 Å². The van der Waals surface area contributed by atoms with Crippen LogP contribution in [0.4, 0.5) is 0 Å². The van der Waals surface area contributed by atoms with Gasteiger partial charge in [-0.1, -0.05) is 30.3 Å². The maximum Gasteiger partial charge on any atom is 0.342 e. The first-order valence-electron chi connectivity index (χ1n) is 9.00. The highest BCUT2D eigenvalue weighted by molar-refractivity contribution is 7.10. The Hall–Kier alpha value is -3.06. The van der Waals surface area contributed by atoms with E-state index in [-0.39, 0.29) is 29.0 Å². The summed E-state index contributed by atoms with van der Waals surface area (Å²) in [7, 11) is 0. The van der Waals surface area contributed by atoms with Gasteiger partial charge in [-0.05, 0) is 30.4 Å². The molecule has 0 unspecified atom stereocenters. The zero-order valence-corrected chi connectivity index (χ0v) is 15.8. The van der Waals surface area contributed by atoms with Gasteiger partial charge in [0, 0.05) is 22.2 Å². The highest BCUT2D eigenvalue weighted by atomic mass is 32.1. The Balaban J connectivity index is 1.48. The molecule has 2 N–H and O–H groups in total. The predicted octanol–water partition coefficient (Wildman–Crippen LogP) is 3.83. The molecule has 1 fully saturated rings. The zero-order chi connectivity index (χ0) is 19.7. The molecule has 1 aliphatic heterocycles. The average molecular weight is 397 g/mol. The molecule has 0 radical (unpaired) electrons. The first kappa shape index (κ1) is 18.3. The van der Waals surface area contributed by atoms with E-state index in [9.17, 15) is 19.8 Å². The first-order chi connectivity index (χ1) is 13.6. The smallest absolute Gasteiger partial charge is 0.342 e. The molecule has 2 aromatic carbocycles. The number of hydrogen-bond donors (Lipinski definition) is 2. The van der Waals surface area contributed by atoms with Gasteiger partial charge in [-0.15, -0.1) is 11.3 Å². The lowest BCUT2D eigenvalue weighted by Gasteiger charge is -2.23. The lowest BCUT2D eigenvalue weighted by Crippen LogP contribution is -2.34. The summed E-state index contributed by atoms with van der Waals surface area (Å²) in [6.45, 7) is 0.217. The monoisotopic (exact) mass is 397 g/mol. The third kappa shape index (κ3) is 3.29. The fraction of sp³-hybridized carbons (Fsp3) is 0.238. The standard InChI is InChI=1S/C21H19NO5S/c23-17-11-15(20(25)14-6-2-1-5-13(14)17)21(26)27-12-19(24)22-9-3-7-16(22)18-8-4-10-28-18/h1-2,4-6,8,10-11,16,23,25H,3,7,9,12H2/t16-/m1/s1. The number of benzene rings is 2. The lowest BCUT2D eigenvalue weighted by atomic mass is 10.0. The number of likely N-dealkylation sites (tertiary alicyclic amines) is 1. The Morgan fingerprint density at radius 1 is 1.14 bits per heavy atom. The second-order valence-electron chi connectivity index (χ2n) is 6.67. The zero-order valence-electron chi connectivity index (χ0n) is 15.0. The van der Waals surface area contributed by atoms with E-state index < -0.39 is 12.6 Å². The van der Waals surface area contributed by atoms with Crippen LogP contribution in [0.25, 0.3) is 10.8 Å². The maximum atomic E-state index is 12.6. The van der Waals surface area contributed by atoms with E-state index in [2.05, 4.69) is 0 Å². The highest BCUT2D eigenvalue weighted by Gasteiger charge is 2.31. The molecular weight excluding hydrogens is 378 g/mol. The van der Waals surface area contributed by atoms with Crippen LogP contribution in [0.3, 0.4) is 0 Å². The molecule has 144 valence electrons. The normalized spacial score (nSPS) is 16.4. The molecule has 1 atom stereocenters. The van der Waals surface area contributed by atoms with E-state index in [0.29, 0.717) is 17.3 Å². The summed E-state index contributed by atoms with van der Waals surface area (Å²) in [6.07, 6.45) is 1.79. The number of rotatable bonds is 4. The van der Waals surface area contributed by atoms with Crippen LogP contribution in [0.1, 0.15) is 34.1 Å². The third-order valence-corrected chi connectivity index (χ3v) is 5.96. The van der Waals surface area contributed by atoms with Crippen LogP contribution < -0.4 is 0 Å². The number of nitrogens with zero attached hydrogens (tertiary/aromatic N) is 1. The van der Waals surface area contributed by atoms with Crippen molar-refractivity contribution in [1.82, 2.24) is 4.90 Å². The van der Waals surface area contributed by atoms with Gasteiger partial charge in [0.05, 0.1) is 6.04 Å². The number of phenolic OH excluding ortho intramolecular Hbond substituents is 2. The molecule has 1 aliphatic rings. The number of thiophene rings is 1. The van der Waals surface area contributed by atoms with E-state index in [0.717, 1.165) is 23.8 Å². The molecule has 0 aliphatic carbocycles. The van der Waals surface area contributed by atoms with Crippen molar-refractivity contribution in [2.24, 2.45) is 0 Å². The molecule has 0 spiro atoms. The topological polar surface area (TPSA) is 87.1 Å². The number of esters is 1. The molecule has 4 rings (SSSR count). The Labute approximate surface area is 165 Å². The van der Waals surface area contributed by atoms with Crippen molar-refractivity contribution in [3.05, 3.63) is 58.3 Å². The lowest BCUT2D eigenvalue weighted by molar-refractivity contribution is -0.135. The Morgan fingerprint density at radius 2 is 1.93 bits per heavy atom. The molecule has 6 nitrogen and oxygen atoms in total. The van der Waals surface area contributed by atoms with Crippen LogP contribution in [0.2, 0.25) is 0 Å². The molecule has 0 saturated carbocycles. The van der Waals surface area contributed by atoms with Gasteiger partial charge in [0.25, 0.3) is 5.91 Å². The van der Waals surface area contributed by atoms with Crippen LogP contribution in [0.15, 0.2) is 47.8 Å². The number of phenols is 2. The van der Waals surface area contributed by atoms with Crippen molar-refractivity contribution < 1.29 is 24.5 Å². The summed E-state index contributed by atoms with van der Waals surface area (Å²) >= 11 is 1.60. The van der Waals surface area contributed by atoms with Crippen molar-refractivity contribution in [3.8, 4) is 11.5 Å². The summed E-state index contributed by atoms with van der Waals surface area (Å²) < 4.78 is 5.15. The Bertz CT molecular complexity index is 1030. The van der Waals surface area contributed by atoms with Crippen molar-refractivity contribution >= 4 is 34.0 Å². The highest BCUT2D eigenvalue weighted by Crippen LogP contribution is 2.36. The summed E-state index contributed by atoms with van der Waals surface area (Å²) in [5.74, 6) is -1.53. The summed E-state index contributed by atoms with van der Waals surface area (Å²) in [5, 5.41) is 23.3. The fourth-order valence-corrected chi connectivity index (χ4v) is 4.50. The fourth-order valence-electron chi connectivity index (χ4n) is 3.63. The number of fused-ring (bicyclic) bond motifs is 1. The summed E-state index contributed by atoms with van der Waals surface area (Å²) in [4.78, 5) is 27.9. The number of amides is 1. The van der Waals surface area contributed by atoms with Crippen molar-refractivity contribution in [3.63, 3.8) is 0 Å². The minimum atomic E-state index is -0.848. The maximum absolute atomic E-state index is 12.6. The minimum Gasteiger partial charge on any atom is -0.507 e. The minimum absolute atomic E-state index is 0.0179. The third-order valence-electron chi connectivity index (χ3n) is 4.99. The number of carbonyl (C=O) groups excluding carboxylic acids is 2. The second kappa shape index (κ2) is 7.52. The van der Waals surface area contributed by atoms with Crippen LogP contribution in [0.5, 0.6) is 11.5 Å². The number of aromatic hydroxyl groups is 2. The van der Waals surface area contributed by atoms with E-state index in [1.165, 1.54) is 0 Å². The SMILES string of the molecule is O=C(OCC(=O)N1CCC[C@@H]1c1cccs1)c1cc(O)c2ccccc2c1O. The Morgan fingerprint density at radius 3 is 2.68 bits per heavy atom. The van der Waals surface area contributed by atoms with Gasteiger partial charge in [-0.2, -0.15) is 0 Å². The summed E-state index contributed by atoms with van der Waals surface area (Å²) in [5.41, 5.74) is -0.166. The van der Waals surface area contributed by atoms with Crippen LogP contribution >= 0.6 is 11.3 Å². The van der Waals surface area contributed by atoms with Crippen molar-refractivity contribution in [1.29, 1.82) is 0 Å². The average Bonchev–Trinajstić information content (AvgIpc) is 3.40. The number of carbonyl (C=O) groups is 2.